The van der Waals surface area contributed by atoms with E-state index in [4.69, 9.17) is 0 Å². The van der Waals surface area contributed by atoms with Crippen LogP contribution < -0.4 is 26.9 Å². The molecule has 0 radical (unpaired) electrons. The Labute approximate surface area is 174 Å². The van der Waals surface area contributed by atoms with Crippen molar-refractivity contribution < 1.29 is 0 Å². The highest BCUT2D eigenvalue weighted by Gasteiger charge is 2.13. The maximum Gasteiger partial charge on any atom is 0.212 e. The molecule has 0 bridgehead atoms. The van der Waals surface area contributed by atoms with Crippen molar-refractivity contribution in [1.82, 2.24) is 26.9 Å². The van der Waals surface area contributed by atoms with Gasteiger partial charge in [0.2, 0.25) is 11.9 Å². The Morgan fingerprint density at radius 1 is 0.833 bits per heavy atom. The number of guanidine groups is 2. The summed E-state index contributed by atoms with van der Waals surface area (Å²) in [6, 6.07) is 16.9. The van der Waals surface area contributed by atoms with Gasteiger partial charge in [-0.3, -0.25) is 10.4 Å². The van der Waals surface area contributed by atoms with Crippen molar-refractivity contribution in [2.75, 3.05) is 26.2 Å². The molecule has 5 rings (SSSR count). The molecule has 152 valence electrons. The van der Waals surface area contributed by atoms with Crippen LogP contribution in [-0.2, 0) is 6.54 Å². The fraction of sp³-hybridized carbons (Fsp3) is 0.227. The van der Waals surface area contributed by atoms with Gasteiger partial charge < -0.3 is 10.6 Å². The molecule has 0 fully saturated rings. The van der Waals surface area contributed by atoms with Crippen molar-refractivity contribution in [3.63, 3.8) is 0 Å². The van der Waals surface area contributed by atoms with Crippen molar-refractivity contribution in [3.8, 4) is 0 Å². The van der Waals surface area contributed by atoms with E-state index < -0.39 is 0 Å². The van der Waals surface area contributed by atoms with E-state index in [0.717, 1.165) is 54.4 Å². The third-order valence-electron chi connectivity index (χ3n) is 5.27. The van der Waals surface area contributed by atoms with Crippen LogP contribution in [0.15, 0.2) is 63.6 Å². The Morgan fingerprint density at radius 2 is 1.43 bits per heavy atom. The minimum Gasteiger partial charge on any atom is -0.353 e. The quantitative estimate of drug-likeness (QED) is 0.254. The molecule has 3 aromatic rings. The smallest absolute Gasteiger partial charge is 0.212 e. The van der Waals surface area contributed by atoms with Gasteiger partial charge in [0.25, 0.3) is 0 Å². The highest BCUT2D eigenvalue weighted by molar-refractivity contribution is 6.15. The summed E-state index contributed by atoms with van der Waals surface area (Å²) >= 11 is 0. The molecule has 0 aromatic heterocycles. The van der Waals surface area contributed by atoms with Gasteiger partial charge in [-0.05, 0) is 27.1 Å². The van der Waals surface area contributed by atoms with Crippen LogP contribution in [0, 0.1) is 0 Å². The van der Waals surface area contributed by atoms with E-state index in [1.807, 2.05) is 6.21 Å². The van der Waals surface area contributed by atoms with Crippen LogP contribution in [0.25, 0.3) is 21.5 Å². The predicted octanol–water partition coefficient (Wildman–Crippen LogP) is 1.43. The molecule has 8 heteroatoms. The normalized spacial score (nSPS) is 15.9. The summed E-state index contributed by atoms with van der Waals surface area (Å²) in [5.74, 6) is 1.51. The first-order valence-corrected chi connectivity index (χ1v) is 10.2. The van der Waals surface area contributed by atoms with Crippen LogP contribution in [0.4, 0.5) is 0 Å². The van der Waals surface area contributed by atoms with Crippen LogP contribution in [-0.4, -0.2) is 44.3 Å². The molecule has 5 N–H and O–H groups in total. The van der Waals surface area contributed by atoms with Crippen LogP contribution >= 0.6 is 0 Å². The van der Waals surface area contributed by atoms with Crippen molar-refractivity contribution in [2.24, 2.45) is 15.1 Å². The highest BCUT2D eigenvalue weighted by atomic mass is 15.4. The lowest BCUT2D eigenvalue weighted by Gasteiger charge is -2.16. The lowest BCUT2D eigenvalue weighted by atomic mass is 9.92. The minimum atomic E-state index is 0.665. The number of hydrazone groups is 1. The maximum atomic E-state index is 4.45. The zero-order valence-electron chi connectivity index (χ0n) is 16.6. The molecule has 0 amide bonds. The lowest BCUT2D eigenvalue weighted by Crippen LogP contribution is -2.42. The van der Waals surface area contributed by atoms with Gasteiger partial charge in [0.1, 0.15) is 0 Å². The Morgan fingerprint density at radius 3 is 2.03 bits per heavy atom. The number of hydrogen-bond donors (Lipinski definition) is 5. The fourth-order valence-corrected chi connectivity index (χ4v) is 3.91. The summed E-state index contributed by atoms with van der Waals surface area (Å²) < 4.78 is 0. The lowest BCUT2D eigenvalue weighted by molar-refractivity contribution is 0.647. The van der Waals surface area contributed by atoms with Crippen molar-refractivity contribution >= 4 is 39.7 Å². The van der Waals surface area contributed by atoms with E-state index in [1.165, 1.54) is 16.3 Å². The number of hydrazine groups is 1. The molecule has 2 aliphatic heterocycles. The van der Waals surface area contributed by atoms with Gasteiger partial charge in [-0.2, -0.15) is 5.10 Å². The van der Waals surface area contributed by atoms with Crippen molar-refractivity contribution in [1.29, 1.82) is 0 Å². The number of benzene rings is 3. The minimum absolute atomic E-state index is 0.665. The molecular weight excluding hydrogens is 376 g/mol. The summed E-state index contributed by atoms with van der Waals surface area (Å²) in [7, 11) is 0. The first kappa shape index (κ1) is 18.4. The number of rotatable bonds is 5. The first-order valence-electron chi connectivity index (χ1n) is 10.2. The molecule has 0 saturated heterocycles. The van der Waals surface area contributed by atoms with Crippen LogP contribution in [0.2, 0.25) is 0 Å². The number of hydrogen-bond acceptors (Lipinski definition) is 8. The third kappa shape index (κ3) is 3.65. The SMILES string of the molecule is C(=NNC1=NCCN1)c1c2ccccc2c(CNNC2=NCCN2)c2ccccc12. The Balaban J connectivity index is 1.52. The number of aliphatic imine (C=N–C) groups is 2. The Kier molecular flexibility index (Phi) is 5.14. The van der Waals surface area contributed by atoms with Gasteiger partial charge in [-0.15, -0.1) is 0 Å². The predicted molar refractivity (Wildman–Crippen MR) is 123 cm³/mol. The van der Waals surface area contributed by atoms with E-state index in [-0.39, 0.29) is 0 Å². The zero-order valence-corrected chi connectivity index (χ0v) is 16.6. The van der Waals surface area contributed by atoms with Crippen LogP contribution in [0.3, 0.4) is 0 Å². The van der Waals surface area contributed by atoms with E-state index in [9.17, 15) is 0 Å². The average molecular weight is 400 g/mol. The third-order valence-corrected chi connectivity index (χ3v) is 5.27. The topological polar surface area (TPSA) is 97.2 Å². The largest absolute Gasteiger partial charge is 0.353 e. The molecule has 3 aromatic carbocycles. The van der Waals surface area contributed by atoms with E-state index in [0.29, 0.717) is 6.54 Å². The van der Waals surface area contributed by atoms with E-state index >= 15 is 0 Å². The Bertz CT molecular complexity index is 1110. The van der Waals surface area contributed by atoms with E-state index in [2.05, 4.69) is 90.5 Å². The summed E-state index contributed by atoms with van der Waals surface area (Å²) in [5, 5.41) is 15.5. The maximum absolute atomic E-state index is 4.45. The van der Waals surface area contributed by atoms with Crippen molar-refractivity contribution in [2.45, 2.75) is 6.54 Å². The molecule has 0 saturated carbocycles. The molecule has 0 unspecified atom stereocenters. The highest BCUT2D eigenvalue weighted by Crippen LogP contribution is 2.32. The van der Waals surface area contributed by atoms with E-state index in [1.54, 1.807) is 0 Å². The summed E-state index contributed by atoms with van der Waals surface area (Å²) in [4.78, 5) is 8.69. The van der Waals surface area contributed by atoms with Crippen molar-refractivity contribution in [3.05, 3.63) is 59.7 Å². The van der Waals surface area contributed by atoms with Gasteiger partial charge in [0.15, 0.2) is 0 Å². The molecule has 0 atom stereocenters. The monoisotopic (exact) mass is 400 g/mol. The Hall–Kier alpha value is -3.65. The first-order chi connectivity index (χ1) is 14.9. The molecule has 2 aliphatic rings. The molecular formula is C22H24N8. The van der Waals surface area contributed by atoms with Gasteiger partial charge >= 0.3 is 0 Å². The number of nitrogens with one attached hydrogen (secondary N) is 5. The van der Waals surface area contributed by atoms with Crippen LogP contribution in [0.5, 0.6) is 0 Å². The molecule has 0 aliphatic carbocycles. The van der Waals surface area contributed by atoms with Gasteiger partial charge in [-0.1, -0.05) is 48.5 Å². The summed E-state index contributed by atoms with van der Waals surface area (Å²) in [5.41, 5.74) is 11.8. The second kappa shape index (κ2) is 8.38. The van der Waals surface area contributed by atoms with Gasteiger partial charge in [-0.25, -0.2) is 15.8 Å². The summed E-state index contributed by atoms with van der Waals surface area (Å²) in [6.07, 6.45) is 1.89. The molecule has 0 spiro atoms. The number of nitrogens with zero attached hydrogens (tertiary/aromatic N) is 3. The van der Waals surface area contributed by atoms with Gasteiger partial charge in [0, 0.05) is 25.2 Å². The second-order valence-corrected chi connectivity index (χ2v) is 7.15. The molecule has 2 heterocycles. The summed E-state index contributed by atoms with van der Waals surface area (Å²) in [6.45, 7) is 3.97. The molecule has 30 heavy (non-hydrogen) atoms. The zero-order chi connectivity index (χ0) is 20.2. The number of fused-ring (bicyclic) bond motifs is 2. The average Bonchev–Trinajstić information content (AvgIpc) is 3.49. The molecule has 8 nitrogen and oxygen atoms in total. The second-order valence-electron chi connectivity index (χ2n) is 7.15. The standard InChI is InChI=1S/C22H24N8/c1-2-6-16-15(5-1)19(13-27-29-21-23-9-10-24-21)17-7-3-4-8-18(17)20(16)14-28-30-22-25-11-12-26-22/h1-8,13,28H,9-12,14H2,(H2,23,24,29)(H2,25,26,30). The fourth-order valence-electron chi connectivity index (χ4n) is 3.91. The van der Waals surface area contributed by atoms with Gasteiger partial charge in [0.05, 0.1) is 19.3 Å². The van der Waals surface area contributed by atoms with Crippen LogP contribution in [0.1, 0.15) is 11.1 Å².